The fraction of sp³-hybridized carbons (Fsp3) is 0.417. The maximum atomic E-state index is 12.6. The molecule has 82 valence electrons. The van der Waals surface area contributed by atoms with Crippen LogP contribution in [0.2, 0.25) is 0 Å². The van der Waals surface area contributed by atoms with Crippen molar-refractivity contribution in [2.45, 2.75) is 32.6 Å². The highest BCUT2D eigenvalue weighted by Gasteiger charge is 2.01. The van der Waals surface area contributed by atoms with Crippen molar-refractivity contribution in [3.63, 3.8) is 0 Å². The largest absolute Gasteiger partial charge is 0.326 e. The Morgan fingerprint density at radius 1 is 1.27 bits per heavy atom. The van der Waals surface area contributed by atoms with Crippen molar-refractivity contribution in [3.8, 4) is 0 Å². The molecule has 0 aliphatic rings. The second kappa shape index (κ2) is 6.17. The van der Waals surface area contributed by atoms with E-state index in [4.69, 9.17) is 0 Å². The van der Waals surface area contributed by atoms with Gasteiger partial charge < -0.3 is 5.32 Å². The molecule has 15 heavy (non-hydrogen) atoms. The molecule has 0 spiro atoms. The van der Waals surface area contributed by atoms with Gasteiger partial charge in [0.05, 0.1) is 0 Å². The Balaban J connectivity index is 2.34. The number of hydrogen-bond acceptors (Lipinski definition) is 1. The van der Waals surface area contributed by atoms with Gasteiger partial charge in [0.2, 0.25) is 5.91 Å². The number of halogens is 1. The van der Waals surface area contributed by atoms with Crippen LogP contribution in [-0.4, -0.2) is 5.91 Å². The summed E-state index contributed by atoms with van der Waals surface area (Å²) in [5.41, 5.74) is 0.651. The summed E-state index contributed by atoms with van der Waals surface area (Å²) in [5, 5.41) is 2.72. The van der Waals surface area contributed by atoms with Gasteiger partial charge in [0, 0.05) is 12.1 Å². The zero-order valence-corrected chi connectivity index (χ0v) is 8.92. The highest BCUT2D eigenvalue weighted by molar-refractivity contribution is 5.90. The number of anilines is 1. The van der Waals surface area contributed by atoms with Gasteiger partial charge in [-0.2, -0.15) is 0 Å². The zero-order chi connectivity index (χ0) is 11.1. The van der Waals surface area contributed by atoms with Crippen LogP contribution in [-0.2, 0) is 4.79 Å². The van der Waals surface area contributed by atoms with Crippen molar-refractivity contribution < 1.29 is 9.18 Å². The molecular formula is C12H16FNO. The molecule has 0 unspecified atom stereocenters. The summed E-state index contributed by atoms with van der Waals surface area (Å²) in [6, 6.07) is 5.80. The van der Waals surface area contributed by atoms with E-state index >= 15 is 0 Å². The van der Waals surface area contributed by atoms with Gasteiger partial charge in [-0.1, -0.05) is 19.8 Å². The third-order valence-corrected chi connectivity index (χ3v) is 2.14. The minimum atomic E-state index is -0.293. The smallest absolute Gasteiger partial charge is 0.224 e. The fourth-order valence-electron chi connectivity index (χ4n) is 1.29. The number of amides is 1. The summed E-state index contributed by atoms with van der Waals surface area (Å²) >= 11 is 0. The SMILES string of the molecule is CCCCCC(=O)Nc1ccc(F)cc1. The van der Waals surface area contributed by atoms with Crippen LogP contribution in [0.25, 0.3) is 0 Å². The molecule has 0 saturated carbocycles. The molecule has 0 heterocycles. The van der Waals surface area contributed by atoms with E-state index in [-0.39, 0.29) is 11.7 Å². The molecule has 1 rings (SSSR count). The number of carbonyl (C=O) groups is 1. The van der Waals surface area contributed by atoms with Crippen LogP contribution in [0, 0.1) is 5.82 Å². The number of hydrogen-bond donors (Lipinski definition) is 1. The van der Waals surface area contributed by atoms with Crippen molar-refractivity contribution in [1.29, 1.82) is 0 Å². The van der Waals surface area contributed by atoms with Crippen molar-refractivity contribution in [2.75, 3.05) is 5.32 Å². The van der Waals surface area contributed by atoms with Crippen LogP contribution in [0.3, 0.4) is 0 Å². The van der Waals surface area contributed by atoms with Crippen LogP contribution < -0.4 is 5.32 Å². The van der Waals surface area contributed by atoms with E-state index in [1.165, 1.54) is 12.1 Å². The monoisotopic (exact) mass is 209 g/mol. The Morgan fingerprint density at radius 3 is 2.53 bits per heavy atom. The van der Waals surface area contributed by atoms with Gasteiger partial charge in [0.1, 0.15) is 5.82 Å². The van der Waals surface area contributed by atoms with Crippen LogP contribution in [0.4, 0.5) is 10.1 Å². The lowest BCUT2D eigenvalue weighted by atomic mass is 10.2. The molecule has 0 aromatic heterocycles. The van der Waals surface area contributed by atoms with Crippen LogP contribution in [0.1, 0.15) is 32.6 Å². The molecule has 0 saturated heterocycles. The fourth-order valence-corrected chi connectivity index (χ4v) is 1.29. The third-order valence-electron chi connectivity index (χ3n) is 2.14. The summed E-state index contributed by atoms with van der Waals surface area (Å²) in [6.07, 6.45) is 3.61. The van der Waals surface area contributed by atoms with E-state index in [0.29, 0.717) is 12.1 Å². The molecule has 1 aromatic carbocycles. The molecule has 0 fully saturated rings. The summed E-state index contributed by atoms with van der Waals surface area (Å²) in [5.74, 6) is -0.297. The van der Waals surface area contributed by atoms with E-state index in [0.717, 1.165) is 19.3 Å². The number of benzene rings is 1. The van der Waals surface area contributed by atoms with E-state index in [1.807, 2.05) is 0 Å². The minimum Gasteiger partial charge on any atom is -0.326 e. The summed E-state index contributed by atoms with van der Waals surface area (Å²) < 4.78 is 12.6. The molecule has 3 heteroatoms. The Morgan fingerprint density at radius 2 is 1.93 bits per heavy atom. The van der Waals surface area contributed by atoms with Gasteiger partial charge >= 0.3 is 0 Å². The lowest BCUT2D eigenvalue weighted by Gasteiger charge is -2.04. The predicted octanol–water partition coefficient (Wildman–Crippen LogP) is 3.34. The second-order valence-corrected chi connectivity index (χ2v) is 3.51. The van der Waals surface area contributed by atoms with Gasteiger partial charge in [-0.15, -0.1) is 0 Å². The number of rotatable bonds is 5. The maximum absolute atomic E-state index is 12.6. The lowest BCUT2D eigenvalue weighted by molar-refractivity contribution is -0.116. The first-order valence-electron chi connectivity index (χ1n) is 5.28. The first-order chi connectivity index (χ1) is 7.22. The molecule has 0 radical (unpaired) electrons. The summed E-state index contributed by atoms with van der Waals surface area (Å²) in [4.78, 5) is 11.4. The Bertz CT molecular complexity index is 308. The lowest BCUT2D eigenvalue weighted by Crippen LogP contribution is -2.10. The van der Waals surface area contributed by atoms with Crippen molar-refractivity contribution >= 4 is 11.6 Å². The zero-order valence-electron chi connectivity index (χ0n) is 8.92. The molecule has 0 aliphatic heterocycles. The maximum Gasteiger partial charge on any atom is 0.224 e. The highest BCUT2D eigenvalue weighted by atomic mass is 19.1. The Hall–Kier alpha value is -1.38. The molecule has 0 bridgehead atoms. The van der Waals surface area contributed by atoms with Crippen LogP contribution in [0.15, 0.2) is 24.3 Å². The van der Waals surface area contributed by atoms with E-state index in [1.54, 1.807) is 12.1 Å². The van der Waals surface area contributed by atoms with Crippen LogP contribution >= 0.6 is 0 Å². The quantitative estimate of drug-likeness (QED) is 0.740. The number of carbonyl (C=O) groups excluding carboxylic acids is 1. The topological polar surface area (TPSA) is 29.1 Å². The van der Waals surface area contributed by atoms with E-state index < -0.39 is 0 Å². The third kappa shape index (κ3) is 4.58. The molecule has 2 nitrogen and oxygen atoms in total. The molecule has 1 aromatic rings. The molecule has 1 amide bonds. The molecule has 0 aliphatic carbocycles. The molecule has 1 N–H and O–H groups in total. The highest BCUT2D eigenvalue weighted by Crippen LogP contribution is 2.09. The molecule has 0 atom stereocenters. The average molecular weight is 209 g/mol. The van der Waals surface area contributed by atoms with E-state index in [2.05, 4.69) is 12.2 Å². The minimum absolute atomic E-state index is 0.00458. The van der Waals surface area contributed by atoms with Gasteiger partial charge in [-0.05, 0) is 30.7 Å². The Labute approximate surface area is 89.5 Å². The summed E-state index contributed by atoms with van der Waals surface area (Å²) in [7, 11) is 0. The number of nitrogens with one attached hydrogen (secondary N) is 1. The van der Waals surface area contributed by atoms with Crippen molar-refractivity contribution in [1.82, 2.24) is 0 Å². The first-order valence-corrected chi connectivity index (χ1v) is 5.28. The molecular weight excluding hydrogens is 193 g/mol. The van der Waals surface area contributed by atoms with Gasteiger partial charge in [0.25, 0.3) is 0 Å². The van der Waals surface area contributed by atoms with Crippen LogP contribution in [0.5, 0.6) is 0 Å². The van der Waals surface area contributed by atoms with Gasteiger partial charge in [-0.25, -0.2) is 4.39 Å². The predicted molar refractivity (Wildman–Crippen MR) is 59.2 cm³/mol. The Kier molecular flexibility index (Phi) is 4.81. The number of unbranched alkanes of at least 4 members (excludes halogenated alkanes) is 2. The standard InChI is InChI=1S/C12H16FNO/c1-2-3-4-5-12(15)14-11-8-6-10(13)7-9-11/h6-9H,2-5H2,1H3,(H,14,15). The normalized spacial score (nSPS) is 10.0. The van der Waals surface area contributed by atoms with Crippen molar-refractivity contribution in [3.05, 3.63) is 30.1 Å². The second-order valence-electron chi connectivity index (χ2n) is 3.51. The van der Waals surface area contributed by atoms with Gasteiger partial charge in [0.15, 0.2) is 0 Å². The van der Waals surface area contributed by atoms with E-state index in [9.17, 15) is 9.18 Å². The van der Waals surface area contributed by atoms with Gasteiger partial charge in [-0.3, -0.25) is 4.79 Å². The average Bonchev–Trinajstić information content (AvgIpc) is 2.22. The first kappa shape index (κ1) is 11.7. The summed E-state index contributed by atoms with van der Waals surface area (Å²) in [6.45, 7) is 2.10. The van der Waals surface area contributed by atoms with Crippen molar-refractivity contribution in [2.24, 2.45) is 0 Å².